The molecule has 7 nitrogen and oxygen atoms in total. The van der Waals surface area contributed by atoms with Crippen LogP contribution in [0.5, 0.6) is 28.7 Å². The quantitative estimate of drug-likeness (QED) is 0.589. The van der Waals surface area contributed by atoms with Gasteiger partial charge in [0.25, 0.3) is 0 Å². The average molecular weight is 391 g/mol. The number of hydrogen-bond donors (Lipinski definition) is 0. The highest BCUT2D eigenvalue weighted by molar-refractivity contribution is 6.34. The van der Waals surface area contributed by atoms with E-state index in [2.05, 4.69) is 9.97 Å². The Bertz CT molecular complexity index is 968. The van der Waals surface area contributed by atoms with Gasteiger partial charge in [0, 0.05) is 17.0 Å². The lowest BCUT2D eigenvalue weighted by atomic mass is 10.1. The minimum atomic E-state index is 0.296. The summed E-state index contributed by atoms with van der Waals surface area (Å²) in [6.45, 7) is 0. The van der Waals surface area contributed by atoms with Crippen molar-refractivity contribution in [2.75, 3.05) is 35.5 Å². The Morgan fingerprint density at radius 2 is 1.22 bits per heavy atom. The predicted octanol–water partition coefficient (Wildman–Crippen LogP) is 3.99. The highest BCUT2D eigenvalue weighted by Gasteiger charge is 2.18. The van der Waals surface area contributed by atoms with Crippen molar-refractivity contribution in [3.63, 3.8) is 0 Å². The maximum absolute atomic E-state index is 6.41. The van der Waals surface area contributed by atoms with Crippen LogP contribution in [-0.4, -0.2) is 45.5 Å². The van der Waals surface area contributed by atoms with Crippen LogP contribution in [0.25, 0.3) is 22.3 Å². The molecule has 27 heavy (non-hydrogen) atoms. The first-order valence-corrected chi connectivity index (χ1v) is 8.33. The summed E-state index contributed by atoms with van der Waals surface area (Å²) in [5.74, 6) is 3.01. The summed E-state index contributed by atoms with van der Waals surface area (Å²) in [5, 5.41) is 0.954. The lowest BCUT2D eigenvalue weighted by molar-refractivity contribution is 0.324. The van der Waals surface area contributed by atoms with Crippen LogP contribution in [0.3, 0.4) is 0 Å². The highest BCUT2D eigenvalue weighted by Crippen LogP contribution is 2.41. The minimum absolute atomic E-state index is 0.296. The largest absolute Gasteiger partial charge is 0.493 e. The first-order chi connectivity index (χ1) is 13.1. The van der Waals surface area contributed by atoms with E-state index in [1.54, 1.807) is 59.8 Å². The number of rotatable bonds is 6. The Kier molecular flexibility index (Phi) is 5.41. The maximum Gasteiger partial charge on any atom is 0.203 e. The van der Waals surface area contributed by atoms with Gasteiger partial charge in [-0.1, -0.05) is 11.6 Å². The number of halogens is 1. The molecule has 0 N–H and O–H groups in total. The Hall–Kier alpha value is -2.93. The van der Waals surface area contributed by atoms with Crippen LogP contribution in [0.4, 0.5) is 0 Å². The predicted molar refractivity (Wildman–Crippen MR) is 103 cm³/mol. The lowest BCUT2D eigenvalue weighted by Crippen LogP contribution is -1.98. The summed E-state index contributed by atoms with van der Waals surface area (Å²) >= 11 is 6.41. The fourth-order valence-corrected chi connectivity index (χ4v) is 2.99. The van der Waals surface area contributed by atoms with E-state index in [9.17, 15) is 0 Å². The van der Waals surface area contributed by atoms with Crippen molar-refractivity contribution in [1.29, 1.82) is 0 Å². The fourth-order valence-electron chi connectivity index (χ4n) is 2.76. The summed E-state index contributed by atoms with van der Waals surface area (Å²) in [6.07, 6.45) is 0. The molecule has 0 spiro atoms. The molecule has 3 rings (SSSR count). The van der Waals surface area contributed by atoms with Crippen molar-refractivity contribution in [2.24, 2.45) is 0 Å². The molecule has 8 heteroatoms. The molecule has 0 atom stereocenters. The van der Waals surface area contributed by atoms with Gasteiger partial charge in [0.2, 0.25) is 5.75 Å². The summed E-state index contributed by atoms with van der Waals surface area (Å²) < 4.78 is 26.8. The van der Waals surface area contributed by atoms with E-state index in [1.165, 1.54) is 0 Å². The van der Waals surface area contributed by atoms with Crippen LogP contribution in [0.1, 0.15) is 0 Å². The van der Waals surface area contributed by atoms with Crippen LogP contribution >= 0.6 is 11.6 Å². The third kappa shape index (κ3) is 3.38. The second-order valence-electron chi connectivity index (χ2n) is 5.48. The summed E-state index contributed by atoms with van der Waals surface area (Å²) in [4.78, 5) is 9.03. The molecular weight excluding hydrogens is 372 g/mol. The SMILES string of the molecule is COc1cc2nc(-c3cc(OC)c(OC)c(OC)c3)nc(Cl)c2cc1OC. The van der Waals surface area contributed by atoms with Gasteiger partial charge >= 0.3 is 0 Å². The Labute approximate surface area is 161 Å². The van der Waals surface area contributed by atoms with E-state index in [0.29, 0.717) is 56.2 Å². The molecule has 1 aromatic heterocycles. The van der Waals surface area contributed by atoms with Crippen LogP contribution in [-0.2, 0) is 0 Å². The average Bonchev–Trinajstić information content (AvgIpc) is 2.71. The van der Waals surface area contributed by atoms with Gasteiger partial charge in [-0.05, 0) is 18.2 Å². The number of aromatic nitrogens is 2. The van der Waals surface area contributed by atoms with Gasteiger partial charge in [0.15, 0.2) is 28.8 Å². The molecular formula is C19H19ClN2O5. The summed E-state index contributed by atoms with van der Waals surface area (Å²) in [7, 11) is 7.76. The van der Waals surface area contributed by atoms with E-state index >= 15 is 0 Å². The third-order valence-corrected chi connectivity index (χ3v) is 4.37. The molecule has 0 aliphatic carbocycles. The van der Waals surface area contributed by atoms with Crippen molar-refractivity contribution in [3.8, 4) is 40.1 Å². The monoisotopic (exact) mass is 390 g/mol. The topological polar surface area (TPSA) is 71.9 Å². The number of hydrogen-bond acceptors (Lipinski definition) is 7. The second-order valence-corrected chi connectivity index (χ2v) is 5.83. The maximum atomic E-state index is 6.41. The van der Waals surface area contributed by atoms with Crippen LogP contribution in [0.15, 0.2) is 24.3 Å². The molecule has 0 fully saturated rings. The van der Waals surface area contributed by atoms with Gasteiger partial charge < -0.3 is 23.7 Å². The van der Waals surface area contributed by atoms with Crippen molar-refractivity contribution in [1.82, 2.24) is 9.97 Å². The zero-order valence-corrected chi connectivity index (χ0v) is 16.4. The van der Waals surface area contributed by atoms with Crippen LogP contribution in [0.2, 0.25) is 5.15 Å². The zero-order chi connectivity index (χ0) is 19.6. The Balaban J connectivity index is 2.23. The second kappa shape index (κ2) is 7.75. The molecule has 0 saturated carbocycles. The zero-order valence-electron chi connectivity index (χ0n) is 15.6. The summed E-state index contributed by atoms with van der Waals surface area (Å²) in [5.41, 5.74) is 1.29. The Morgan fingerprint density at radius 3 is 1.74 bits per heavy atom. The molecule has 2 aromatic carbocycles. The van der Waals surface area contributed by atoms with Crippen molar-refractivity contribution >= 4 is 22.5 Å². The van der Waals surface area contributed by atoms with E-state index in [0.717, 1.165) is 0 Å². The van der Waals surface area contributed by atoms with E-state index in [4.69, 9.17) is 35.3 Å². The van der Waals surface area contributed by atoms with Crippen molar-refractivity contribution in [3.05, 3.63) is 29.4 Å². The van der Waals surface area contributed by atoms with E-state index < -0.39 is 0 Å². The Morgan fingerprint density at radius 1 is 0.667 bits per heavy atom. The first-order valence-electron chi connectivity index (χ1n) is 7.95. The molecule has 3 aromatic rings. The number of nitrogens with zero attached hydrogens (tertiary/aromatic N) is 2. The van der Waals surface area contributed by atoms with Crippen molar-refractivity contribution < 1.29 is 23.7 Å². The summed E-state index contributed by atoms with van der Waals surface area (Å²) in [6, 6.07) is 7.03. The third-order valence-electron chi connectivity index (χ3n) is 4.08. The van der Waals surface area contributed by atoms with Gasteiger partial charge in [0.1, 0.15) is 5.15 Å². The van der Waals surface area contributed by atoms with Gasteiger partial charge in [0.05, 0.1) is 41.1 Å². The van der Waals surface area contributed by atoms with Gasteiger partial charge in [-0.15, -0.1) is 0 Å². The molecule has 142 valence electrons. The molecule has 0 amide bonds. The smallest absolute Gasteiger partial charge is 0.203 e. The number of fused-ring (bicyclic) bond motifs is 1. The highest BCUT2D eigenvalue weighted by atomic mass is 35.5. The molecule has 0 aliphatic rings. The van der Waals surface area contributed by atoms with E-state index in [1.807, 2.05) is 0 Å². The molecule has 0 radical (unpaired) electrons. The minimum Gasteiger partial charge on any atom is -0.493 e. The standard InChI is InChI=1S/C19H19ClN2O5/c1-23-13-8-11-12(9-14(13)24-2)21-19(22-18(11)20)10-6-15(25-3)17(27-5)16(7-10)26-4/h6-9H,1-5H3. The number of methoxy groups -OCH3 is 5. The van der Waals surface area contributed by atoms with E-state index in [-0.39, 0.29) is 0 Å². The molecule has 1 heterocycles. The molecule has 0 bridgehead atoms. The van der Waals surface area contributed by atoms with Gasteiger partial charge in [-0.3, -0.25) is 0 Å². The molecule has 0 aliphatic heterocycles. The molecule has 0 unspecified atom stereocenters. The van der Waals surface area contributed by atoms with Gasteiger partial charge in [-0.25, -0.2) is 9.97 Å². The van der Waals surface area contributed by atoms with Crippen LogP contribution < -0.4 is 23.7 Å². The van der Waals surface area contributed by atoms with Crippen LogP contribution in [0, 0.1) is 0 Å². The normalized spacial score (nSPS) is 10.6. The fraction of sp³-hybridized carbons (Fsp3) is 0.263. The van der Waals surface area contributed by atoms with Gasteiger partial charge in [-0.2, -0.15) is 0 Å². The lowest BCUT2D eigenvalue weighted by Gasteiger charge is -2.14. The first kappa shape index (κ1) is 18.8. The molecule has 0 saturated heterocycles. The van der Waals surface area contributed by atoms with Crippen molar-refractivity contribution in [2.45, 2.75) is 0 Å². The number of benzene rings is 2. The number of ether oxygens (including phenoxy) is 5.